The minimum absolute atomic E-state index is 0.780. The predicted octanol–water partition coefficient (Wildman–Crippen LogP) is 5.97. The van der Waals surface area contributed by atoms with Crippen molar-refractivity contribution in [1.29, 1.82) is 0 Å². The lowest BCUT2D eigenvalue weighted by atomic mass is 9.83. The third-order valence-corrected chi connectivity index (χ3v) is 4.88. The molecule has 0 amide bonds. The molecule has 119 valence electrons. The van der Waals surface area contributed by atoms with E-state index in [1.807, 2.05) is 0 Å². The predicted molar refractivity (Wildman–Crippen MR) is 101 cm³/mol. The molecular formula is C24H23. The highest BCUT2D eigenvalue weighted by Gasteiger charge is 2.28. The van der Waals surface area contributed by atoms with Crippen LogP contribution in [0.4, 0.5) is 0 Å². The zero-order chi connectivity index (χ0) is 16.2. The van der Waals surface area contributed by atoms with Gasteiger partial charge in [0.15, 0.2) is 0 Å². The van der Waals surface area contributed by atoms with Gasteiger partial charge in [0, 0.05) is 5.92 Å². The van der Waals surface area contributed by atoms with Crippen molar-refractivity contribution in [3.8, 4) is 0 Å². The molecule has 0 heteroatoms. The summed E-state index contributed by atoms with van der Waals surface area (Å²) in [6.45, 7) is 0. The highest BCUT2D eigenvalue weighted by molar-refractivity contribution is 5.45. The van der Waals surface area contributed by atoms with Crippen molar-refractivity contribution in [2.24, 2.45) is 0 Å². The van der Waals surface area contributed by atoms with Crippen LogP contribution in [0.5, 0.6) is 0 Å². The molecule has 1 fully saturated rings. The molecule has 0 unspecified atom stereocenters. The van der Waals surface area contributed by atoms with Crippen LogP contribution in [0.3, 0.4) is 0 Å². The lowest BCUT2D eigenvalue weighted by Gasteiger charge is -2.20. The summed E-state index contributed by atoms with van der Waals surface area (Å²) in [6, 6.07) is 30.8. The fourth-order valence-corrected chi connectivity index (χ4v) is 3.51. The van der Waals surface area contributed by atoms with E-state index in [1.165, 1.54) is 35.4 Å². The van der Waals surface area contributed by atoms with Crippen LogP contribution in [0.2, 0.25) is 0 Å². The Morgan fingerprint density at radius 2 is 1.12 bits per heavy atom. The van der Waals surface area contributed by atoms with E-state index in [9.17, 15) is 0 Å². The number of rotatable bonds is 6. The molecule has 4 rings (SSSR count). The van der Waals surface area contributed by atoms with Crippen molar-refractivity contribution in [3.63, 3.8) is 0 Å². The van der Waals surface area contributed by atoms with Crippen molar-refractivity contribution in [2.45, 2.75) is 31.6 Å². The Balaban J connectivity index is 1.67. The van der Waals surface area contributed by atoms with E-state index in [1.54, 1.807) is 5.56 Å². The minimum atomic E-state index is 0.780. The molecule has 0 aromatic heterocycles. The first-order valence-corrected chi connectivity index (χ1v) is 8.92. The van der Waals surface area contributed by atoms with Gasteiger partial charge in [0.1, 0.15) is 0 Å². The van der Waals surface area contributed by atoms with Gasteiger partial charge < -0.3 is 0 Å². The Kier molecular flexibility index (Phi) is 4.46. The molecule has 0 N–H and O–H groups in total. The van der Waals surface area contributed by atoms with Crippen LogP contribution in [0.1, 0.15) is 41.0 Å². The molecule has 0 heterocycles. The number of benzene rings is 3. The SMILES string of the molecule is c1ccc(C[C](Cc2ccccc2)c2ccccc2C2CC2)cc1. The maximum atomic E-state index is 2.34. The Labute approximate surface area is 145 Å². The van der Waals surface area contributed by atoms with Crippen LogP contribution in [0, 0.1) is 5.92 Å². The van der Waals surface area contributed by atoms with E-state index in [0.29, 0.717) is 0 Å². The van der Waals surface area contributed by atoms with Gasteiger partial charge in [0.25, 0.3) is 0 Å². The first-order chi connectivity index (χ1) is 11.9. The summed E-state index contributed by atoms with van der Waals surface area (Å²) in [5, 5.41) is 0. The summed E-state index contributed by atoms with van der Waals surface area (Å²) >= 11 is 0. The molecule has 0 bridgehead atoms. The molecule has 0 saturated heterocycles. The van der Waals surface area contributed by atoms with Crippen LogP contribution in [0.25, 0.3) is 0 Å². The average molecular weight is 311 g/mol. The standard InChI is InChI=1S/C24H23/c1-3-9-19(10-4-1)17-22(18-20-11-5-2-6-12-20)24-14-8-7-13-23(24)21-15-16-21/h1-14,21H,15-18H2. The third-order valence-electron chi connectivity index (χ3n) is 4.88. The van der Waals surface area contributed by atoms with Crippen molar-refractivity contribution in [2.75, 3.05) is 0 Å². The second-order valence-corrected chi connectivity index (χ2v) is 6.79. The van der Waals surface area contributed by atoms with E-state index < -0.39 is 0 Å². The molecular weight excluding hydrogens is 288 g/mol. The fourth-order valence-electron chi connectivity index (χ4n) is 3.51. The topological polar surface area (TPSA) is 0 Å². The Morgan fingerprint density at radius 1 is 0.625 bits per heavy atom. The molecule has 1 radical (unpaired) electrons. The quantitative estimate of drug-likeness (QED) is 0.526. The highest BCUT2D eigenvalue weighted by Crippen LogP contribution is 2.44. The smallest absolute Gasteiger partial charge is 0.0140 e. The van der Waals surface area contributed by atoms with Gasteiger partial charge in [-0.25, -0.2) is 0 Å². The first-order valence-electron chi connectivity index (χ1n) is 8.92. The normalized spacial score (nSPS) is 14.0. The summed E-state index contributed by atoms with van der Waals surface area (Å²) in [6.07, 6.45) is 4.75. The summed E-state index contributed by atoms with van der Waals surface area (Å²) < 4.78 is 0. The van der Waals surface area contributed by atoms with Gasteiger partial charge in [0.05, 0.1) is 0 Å². The fraction of sp³-hybridized carbons (Fsp3) is 0.208. The molecule has 3 aromatic carbocycles. The van der Waals surface area contributed by atoms with Crippen LogP contribution < -0.4 is 0 Å². The van der Waals surface area contributed by atoms with Crippen molar-refractivity contribution >= 4 is 0 Å². The van der Waals surface area contributed by atoms with E-state index in [2.05, 4.69) is 84.9 Å². The Bertz CT molecular complexity index is 728. The second-order valence-electron chi connectivity index (χ2n) is 6.79. The molecule has 24 heavy (non-hydrogen) atoms. The van der Waals surface area contributed by atoms with Gasteiger partial charge in [-0.05, 0) is 53.9 Å². The van der Waals surface area contributed by atoms with Gasteiger partial charge in [-0.15, -0.1) is 0 Å². The van der Waals surface area contributed by atoms with Crippen LogP contribution >= 0.6 is 0 Å². The third kappa shape index (κ3) is 3.59. The van der Waals surface area contributed by atoms with E-state index >= 15 is 0 Å². The van der Waals surface area contributed by atoms with Gasteiger partial charge in [-0.3, -0.25) is 0 Å². The molecule has 0 spiro atoms. The van der Waals surface area contributed by atoms with Crippen molar-refractivity contribution in [3.05, 3.63) is 113 Å². The Hall–Kier alpha value is -2.34. The summed E-state index contributed by atoms with van der Waals surface area (Å²) in [4.78, 5) is 0. The van der Waals surface area contributed by atoms with Gasteiger partial charge in [-0.1, -0.05) is 84.9 Å². The molecule has 1 saturated carbocycles. The van der Waals surface area contributed by atoms with E-state index in [-0.39, 0.29) is 0 Å². The average Bonchev–Trinajstić information content (AvgIpc) is 3.48. The highest BCUT2D eigenvalue weighted by atomic mass is 14.3. The van der Waals surface area contributed by atoms with E-state index in [0.717, 1.165) is 18.8 Å². The van der Waals surface area contributed by atoms with Crippen molar-refractivity contribution in [1.82, 2.24) is 0 Å². The maximum Gasteiger partial charge on any atom is 0.0140 e. The second kappa shape index (κ2) is 7.05. The van der Waals surface area contributed by atoms with Crippen LogP contribution in [-0.4, -0.2) is 0 Å². The number of hydrogen-bond donors (Lipinski definition) is 0. The summed E-state index contributed by atoms with van der Waals surface area (Å²) in [5.74, 6) is 2.32. The Morgan fingerprint density at radius 3 is 1.67 bits per heavy atom. The van der Waals surface area contributed by atoms with Crippen molar-refractivity contribution < 1.29 is 0 Å². The molecule has 1 aliphatic carbocycles. The maximum absolute atomic E-state index is 2.34. The van der Waals surface area contributed by atoms with Gasteiger partial charge in [0.2, 0.25) is 0 Å². The summed E-state index contributed by atoms with van der Waals surface area (Å²) in [7, 11) is 0. The first kappa shape index (κ1) is 15.2. The zero-order valence-electron chi connectivity index (χ0n) is 14.0. The monoisotopic (exact) mass is 311 g/mol. The zero-order valence-corrected chi connectivity index (χ0v) is 14.0. The van der Waals surface area contributed by atoms with E-state index in [4.69, 9.17) is 0 Å². The minimum Gasteiger partial charge on any atom is -0.0622 e. The van der Waals surface area contributed by atoms with Gasteiger partial charge in [-0.2, -0.15) is 0 Å². The molecule has 3 aromatic rings. The van der Waals surface area contributed by atoms with Gasteiger partial charge >= 0.3 is 0 Å². The molecule has 0 aliphatic heterocycles. The summed E-state index contributed by atoms with van der Waals surface area (Å²) in [5.41, 5.74) is 5.83. The molecule has 0 nitrogen and oxygen atoms in total. The molecule has 0 atom stereocenters. The lowest BCUT2D eigenvalue weighted by molar-refractivity contribution is 0.880. The lowest BCUT2D eigenvalue weighted by Crippen LogP contribution is -2.10. The largest absolute Gasteiger partial charge is 0.0622 e. The molecule has 1 aliphatic rings. The van der Waals surface area contributed by atoms with Crippen LogP contribution in [-0.2, 0) is 12.8 Å². The van der Waals surface area contributed by atoms with Crippen LogP contribution in [0.15, 0.2) is 84.9 Å². The number of hydrogen-bond acceptors (Lipinski definition) is 0.